The summed E-state index contributed by atoms with van der Waals surface area (Å²) >= 11 is 0. The normalized spacial score (nSPS) is 15.9. The van der Waals surface area contributed by atoms with Crippen LogP contribution in [0.2, 0.25) is 0 Å². The van der Waals surface area contributed by atoms with Gasteiger partial charge in [0.2, 0.25) is 5.91 Å². The first-order valence-corrected chi connectivity index (χ1v) is 7.80. The maximum absolute atomic E-state index is 11.5. The first-order valence-electron chi connectivity index (χ1n) is 7.80. The number of nitrogens with one attached hydrogen (secondary N) is 2. The number of hydrogen-bond donors (Lipinski definition) is 2. The van der Waals surface area contributed by atoms with Crippen molar-refractivity contribution in [1.82, 2.24) is 10.6 Å². The third-order valence-corrected chi connectivity index (χ3v) is 3.86. The quantitative estimate of drug-likeness (QED) is 0.716. The molecule has 0 heterocycles. The summed E-state index contributed by atoms with van der Waals surface area (Å²) in [6.07, 6.45) is 4.93. The second kappa shape index (κ2) is 7.44. The molecule has 0 saturated heterocycles. The van der Waals surface area contributed by atoms with Gasteiger partial charge in [-0.2, -0.15) is 0 Å². The Hall–Kier alpha value is -1.35. The van der Waals surface area contributed by atoms with Crippen molar-refractivity contribution in [2.24, 2.45) is 0 Å². The van der Waals surface area contributed by atoms with Crippen molar-refractivity contribution in [2.75, 3.05) is 6.54 Å². The van der Waals surface area contributed by atoms with E-state index in [-0.39, 0.29) is 5.91 Å². The number of carbonyl (C=O) groups excluding carboxylic acids is 1. The third kappa shape index (κ3) is 4.97. The molecule has 0 radical (unpaired) electrons. The van der Waals surface area contributed by atoms with E-state index in [0.29, 0.717) is 18.5 Å². The van der Waals surface area contributed by atoms with Gasteiger partial charge >= 0.3 is 0 Å². The Morgan fingerprint density at radius 1 is 1.30 bits per heavy atom. The molecule has 3 nitrogen and oxygen atoms in total. The van der Waals surface area contributed by atoms with E-state index in [1.807, 2.05) is 0 Å². The van der Waals surface area contributed by atoms with Crippen molar-refractivity contribution in [3.8, 4) is 0 Å². The van der Waals surface area contributed by atoms with Gasteiger partial charge in [0.05, 0.1) is 0 Å². The summed E-state index contributed by atoms with van der Waals surface area (Å²) in [7, 11) is 0. The highest BCUT2D eigenvalue weighted by atomic mass is 16.1. The number of aryl methyl sites for hydroxylation is 1. The second-order valence-corrected chi connectivity index (χ2v) is 5.72. The lowest BCUT2D eigenvalue weighted by molar-refractivity contribution is -0.121. The van der Waals surface area contributed by atoms with Gasteiger partial charge in [0.15, 0.2) is 0 Å². The van der Waals surface area contributed by atoms with Crippen LogP contribution in [0.5, 0.6) is 0 Å². The molecule has 1 unspecified atom stereocenters. The smallest absolute Gasteiger partial charge is 0.220 e. The molecule has 2 rings (SSSR count). The number of benzene rings is 1. The van der Waals surface area contributed by atoms with Crippen LogP contribution < -0.4 is 10.6 Å². The topological polar surface area (TPSA) is 41.1 Å². The summed E-state index contributed by atoms with van der Waals surface area (Å²) in [6.45, 7) is 5.23. The van der Waals surface area contributed by atoms with Gasteiger partial charge < -0.3 is 10.6 Å². The van der Waals surface area contributed by atoms with Gasteiger partial charge in [-0.15, -0.1) is 0 Å². The van der Waals surface area contributed by atoms with Crippen LogP contribution in [0.4, 0.5) is 0 Å². The minimum absolute atomic E-state index is 0.203. The van der Waals surface area contributed by atoms with Crippen LogP contribution in [0.1, 0.15) is 56.7 Å². The molecule has 1 fully saturated rings. The summed E-state index contributed by atoms with van der Waals surface area (Å²) in [4.78, 5) is 11.5. The summed E-state index contributed by atoms with van der Waals surface area (Å²) in [5, 5.41) is 6.50. The maximum Gasteiger partial charge on any atom is 0.220 e. The monoisotopic (exact) mass is 274 g/mol. The van der Waals surface area contributed by atoms with Gasteiger partial charge in [-0.25, -0.2) is 0 Å². The summed E-state index contributed by atoms with van der Waals surface area (Å²) in [5.41, 5.74) is 2.68. The molecule has 0 aromatic heterocycles. The van der Waals surface area contributed by atoms with Crippen molar-refractivity contribution in [3.63, 3.8) is 0 Å². The van der Waals surface area contributed by atoms with Crippen molar-refractivity contribution in [2.45, 2.75) is 58.0 Å². The molecular weight excluding hydrogens is 248 g/mol. The fourth-order valence-electron chi connectivity index (χ4n) is 2.25. The molecule has 1 atom stereocenters. The lowest BCUT2D eigenvalue weighted by atomic mass is 10.0. The van der Waals surface area contributed by atoms with Gasteiger partial charge in [0.1, 0.15) is 0 Å². The largest absolute Gasteiger partial charge is 0.353 e. The van der Waals surface area contributed by atoms with E-state index >= 15 is 0 Å². The van der Waals surface area contributed by atoms with Gasteiger partial charge in [-0.05, 0) is 50.3 Å². The molecular formula is C17H26N2O. The van der Waals surface area contributed by atoms with Gasteiger partial charge in [0, 0.05) is 18.5 Å². The Kier molecular flexibility index (Phi) is 5.60. The fraction of sp³-hybridized carbons (Fsp3) is 0.588. The Morgan fingerprint density at radius 2 is 2.00 bits per heavy atom. The highest BCUT2D eigenvalue weighted by Gasteiger charge is 2.22. The van der Waals surface area contributed by atoms with Crippen LogP contribution in [-0.2, 0) is 11.2 Å². The molecule has 1 aliphatic rings. The van der Waals surface area contributed by atoms with Crippen LogP contribution >= 0.6 is 0 Å². The summed E-state index contributed by atoms with van der Waals surface area (Å²) in [6, 6.07) is 9.58. The van der Waals surface area contributed by atoms with Crippen LogP contribution in [0.3, 0.4) is 0 Å². The molecule has 0 aliphatic heterocycles. The standard InChI is InChI=1S/C17H26N2O/c1-3-14-6-8-15(9-7-14)13(2)18-12-4-5-17(20)19-16-10-11-16/h6-9,13,16,18H,3-5,10-12H2,1-2H3,(H,19,20). The van der Waals surface area contributed by atoms with E-state index in [1.165, 1.54) is 11.1 Å². The molecule has 1 saturated carbocycles. The average molecular weight is 274 g/mol. The lowest BCUT2D eigenvalue weighted by Gasteiger charge is -2.14. The number of rotatable bonds is 8. The Balaban J connectivity index is 1.63. The molecule has 1 aromatic carbocycles. The predicted molar refractivity (Wildman–Crippen MR) is 82.6 cm³/mol. The molecule has 1 aliphatic carbocycles. The number of amides is 1. The van der Waals surface area contributed by atoms with Crippen LogP contribution in [0.15, 0.2) is 24.3 Å². The zero-order valence-corrected chi connectivity index (χ0v) is 12.6. The van der Waals surface area contributed by atoms with Gasteiger partial charge in [-0.3, -0.25) is 4.79 Å². The van der Waals surface area contributed by atoms with Crippen molar-refractivity contribution < 1.29 is 4.79 Å². The Labute approximate surface area is 122 Å². The second-order valence-electron chi connectivity index (χ2n) is 5.72. The highest BCUT2D eigenvalue weighted by Crippen LogP contribution is 2.18. The SMILES string of the molecule is CCc1ccc(C(C)NCCCC(=O)NC2CC2)cc1. The first-order chi connectivity index (χ1) is 9.69. The van der Waals surface area contributed by atoms with E-state index in [4.69, 9.17) is 0 Å². The molecule has 2 N–H and O–H groups in total. The van der Waals surface area contributed by atoms with Gasteiger partial charge in [0.25, 0.3) is 0 Å². The zero-order chi connectivity index (χ0) is 14.4. The van der Waals surface area contributed by atoms with Gasteiger partial charge in [-0.1, -0.05) is 31.2 Å². The van der Waals surface area contributed by atoms with Crippen molar-refractivity contribution in [3.05, 3.63) is 35.4 Å². The zero-order valence-electron chi connectivity index (χ0n) is 12.6. The predicted octanol–water partition coefficient (Wildman–Crippen LogP) is 2.96. The molecule has 20 heavy (non-hydrogen) atoms. The van der Waals surface area contributed by atoms with E-state index in [0.717, 1.165) is 32.2 Å². The fourth-order valence-corrected chi connectivity index (χ4v) is 2.25. The molecule has 1 amide bonds. The van der Waals surface area contributed by atoms with Crippen LogP contribution in [0.25, 0.3) is 0 Å². The minimum Gasteiger partial charge on any atom is -0.353 e. The summed E-state index contributed by atoms with van der Waals surface area (Å²) in [5.74, 6) is 0.203. The lowest BCUT2D eigenvalue weighted by Crippen LogP contribution is -2.27. The first kappa shape index (κ1) is 15.0. The molecule has 0 spiro atoms. The summed E-state index contributed by atoms with van der Waals surface area (Å²) < 4.78 is 0. The average Bonchev–Trinajstić information content (AvgIpc) is 3.27. The molecule has 0 bridgehead atoms. The van der Waals surface area contributed by atoms with E-state index in [2.05, 4.69) is 48.7 Å². The molecule has 110 valence electrons. The van der Waals surface area contributed by atoms with E-state index in [9.17, 15) is 4.79 Å². The van der Waals surface area contributed by atoms with Crippen LogP contribution in [-0.4, -0.2) is 18.5 Å². The van der Waals surface area contributed by atoms with Crippen molar-refractivity contribution >= 4 is 5.91 Å². The minimum atomic E-state index is 0.203. The molecule has 1 aromatic rings. The van der Waals surface area contributed by atoms with E-state index in [1.54, 1.807) is 0 Å². The Morgan fingerprint density at radius 3 is 2.60 bits per heavy atom. The number of hydrogen-bond acceptors (Lipinski definition) is 2. The third-order valence-electron chi connectivity index (χ3n) is 3.86. The number of carbonyl (C=O) groups is 1. The highest BCUT2D eigenvalue weighted by molar-refractivity contribution is 5.76. The Bertz CT molecular complexity index is 423. The van der Waals surface area contributed by atoms with E-state index < -0.39 is 0 Å². The van der Waals surface area contributed by atoms with Crippen molar-refractivity contribution in [1.29, 1.82) is 0 Å². The van der Waals surface area contributed by atoms with Crippen LogP contribution in [0, 0.1) is 0 Å². The maximum atomic E-state index is 11.5. The molecule has 3 heteroatoms.